The molecule has 32 heavy (non-hydrogen) atoms. The standard InChI is InChI=1S/C23H16Cl2N2O5/c24-15-7-5-14(6-8-15)13-26-20-10-9-16(25)11-18(20)23(30,22(26)29)12-21(28)17-3-1-2-4-19(17)27(31)32/h1-11,30H,12-13H2/t23-/m1/s1. The number of nitro benzene ring substituents is 1. The summed E-state index contributed by atoms with van der Waals surface area (Å²) in [5, 5.41) is 23.6. The fraction of sp³-hybridized carbons (Fsp3) is 0.130. The number of para-hydroxylation sites is 1. The van der Waals surface area contributed by atoms with E-state index in [1.807, 2.05) is 0 Å². The lowest BCUT2D eigenvalue weighted by molar-refractivity contribution is -0.385. The third kappa shape index (κ3) is 3.86. The summed E-state index contributed by atoms with van der Waals surface area (Å²) in [7, 11) is 0. The topological polar surface area (TPSA) is 101 Å². The van der Waals surface area contributed by atoms with E-state index in [4.69, 9.17) is 23.2 Å². The molecule has 3 aromatic carbocycles. The summed E-state index contributed by atoms with van der Waals surface area (Å²) in [6.45, 7) is 0.132. The Morgan fingerprint density at radius 3 is 2.38 bits per heavy atom. The summed E-state index contributed by atoms with van der Waals surface area (Å²) in [5.41, 5.74) is -1.44. The molecule has 3 aromatic rings. The molecular weight excluding hydrogens is 455 g/mol. The first kappa shape index (κ1) is 22.0. The number of ketones is 1. The van der Waals surface area contributed by atoms with Crippen molar-refractivity contribution in [3.8, 4) is 0 Å². The molecule has 4 rings (SSSR count). The average Bonchev–Trinajstić information content (AvgIpc) is 2.96. The minimum Gasteiger partial charge on any atom is -0.375 e. The van der Waals surface area contributed by atoms with Crippen molar-refractivity contribution in [3.05, 3.63) is 104 Å². The molecular formula is C23H16Cl2N2O5. The first-order chi connectivity index (χ1) is 15.2. The van der Waals surface area contributed by atoms with Crippen LogP contribution in [0.2, 0.25) is 10.0 Å². The maximum absolute atomic E-state index is 13.4. The molecule has 0 spiro atoms. The largest absolute Gasteiger partial charge is 0.375 e. The van der Waals surface area contributed by atoms with Gasteiger partial charge in [0.05, 0.1) is 29.1 Å². The van der Waals surface area contributed by atoms with Crippen LogP contribution in [0.1, 0.15) is 27.9 Å². The zero-order valence-electron chi connectivity index (χ0n) is 16.5. The molecule has 1 heterocycles. The predicted molar refractivity (Wildman–Crippen MR) is 120 cm³/mol. The highest BCUT2D eigenvalue weighted by molar-refractivity contribution is 6.31. The van der Waals surface area contributed by atoms with Crippen molar-refractivity contribution >= 4 is 46.3 Å². The molecule has 0 unspecified atom stereocenters. The van der Waals surface area contributed by atoms with Crippen LogP contribution < -0.4 is 4.90 Å². The number of nitrogens with zero attached hydrogens (tertiary/aromatic N) is 2. The van der Waals surface area contributed by atoms with Gasteiger partial charge in [0.15, 0.2) is 11.4 Å². The van der Waals surface area contributed by atoms with E-state index in [1.54, 1.807) is 36.4 Å². The molecule has 9 heteroatoms. The van der Waals surface area contributed by atoms with Gasteiger partial charge in [-0.05, 0) is 42.0 Å². The van der Waals surface area contributed by atoms with Gasteiger partial charge in [0, 0.05) is 21.7 Å². The Labute approximate surface area is 193 Å². The van der Waals surface area contributed by atoms with E-state index in [0.717, 1.165) is 5.56 Å². The maximum atomic E-state index is 13.4. The van der Waals surface area contributed by atoms with Crippen LogP contribution in [0.15, 0.2) is 66.7 Å². The van der Waals surface area contributed by atoms with Gasteiger partial charge in [-0.1, -0.05) is 47.5 Å². The Morgan fingerprint density at radius 2 is 1.69 bits per heavy atom. The monoisotopic (exact) mass is 470 g/mol. The van der Waals surface area contributed by atoms with Gasteiger partial charge in [-0.25, -0.2) is 0 Å². The number of aliphatic hydroxyl groups is 1. The van der Waals surface area contributed by atoms with Crippen molar-refractivity contribution in [2.24, 2.45) is 0 Å². The lowest BCUT2D eigenvalue weighted by atomic mass is 9.87. The number of Topliss-reactive ketones (excluding diaryl/α,β-unsaturated/α-hetero) is 1. The molecule has 0 fully saturated rings. The fourth-order valence-corrected chi connectivity index (χ4v) is 4.12. The van der Waals surface area contributed by atoms with Gasteiger partial charge in [0.1, 0.15) is 0 Å². The fourth-order valence-electron chi connectivity index (χ4n) is 3.82. The number of nitro groups is 1. The predicted octanol–water partition coefficient (Wildman–Crippen LogP) is 4.91. The Morgan fingerprint density at radius 1 is 1.03 bits per heavy atom. The zero-order chi connectivity index (χ0) is 23.0. The van der Waals surface area contributed by atoms with Crippen molar-refractivity contribution in [3.63, 3.8) is 0 Å². The van der Waals surface area contributed by atoms with Gasteiger partial charge in [-0.2, -0.15) is 0 Å². The number of anilines is 1. The molecule has 7 nitrogen and oxygen atoms in total. The van der Waals surface area contributed by atoms with Crippen LogP contribution in [0.25, 0.3) is 0 Å². The molecule has 0 radical (unpaired) electrons. The summed E-state index contributed by atoms with van der Waals surface area (Å²) in [6, 6.07) is 16.9. The Kier molecular flexibility index (Phi) is 5.73. The highest BCUT2D eigenvalue weighted by atomic mass is 35.5. The van der Waals surface area contributed by atoms with Crippen molar-refractivity contribution < 1.29 is 19.6 Å². The van der Waals surface area contributed by atoms with Crippen LogP contribution in [0, 0.1) is 10.1 Å². The van der Waals surface area contributed by atoms with E-state index in [0.29, 0.717) is 10.7 Å². The molecule has 1 N–H and O–H groups in total. The van der Waals surface area contributed by atoms with E-state index < -0.39 is 34.3 Å². The van der Waals surface area contributed by atoms with Gasteiger partial charge in [-0.3, -0.25) is 19.7 Å². The third-order valence-corrected chi connectivity index (χ3v) is 5.85. The van der Waals surface area contributed by atoms with Crippen LogP contribution in [-0.4, -0.2) is 21.7 Å². The molecule has 0 aromatic heterocycles. The molecule has 1 aliphatic heterocycles. The van der Waals surface area contributed by atoms with Gasteiger partial charge in [-0.15, -0.1) is 0 Å². The molecule has 1 aliphatic rings. The van der Waals surface area contributed by atoms with Gasteiger partial charge in [0.2, 0.25) is 0 Å². The number of carbonyl (C=O) groups is 2. The third-order valence-electron chi connectivity index (χ3n) is 5.37. The minimum atomic E-state index is -2.21. The van der Waals surface area contributed by atoms with Crippen LogP contribution in [0.5, 0.6) is 0 Å². The number of halogens is 2. The molecule has 162 valence electrons. The lowest BCUT2D eigenvalue weighted by Gasteiger charge is -2.23. The summed E-state index contributed by atoms with van der Waals surface area (Å²) in [5.74, 6) is -1.44. The summed E-state index contributed by atoms with van der Waals surface area (Å²) in [6.07, 6.45) is -0.666. The summed E-state index contributed by atoms with van der Waals surface area (Å²) >= 11 is 12.0. The van der Waals surface area contributed by atoms with E-state index in [-0.39, 0.29) is 22.7 Å². The Hall–Kier alpha value is -3.26. The number of carbonyl (C=O) groups excluding carboxylic acids is 2. The first-order valence-corrected chi connectivity index (χ1v) is 10.3. The van der Waals surface area contributed by atoms with E-state index in [1.165, 1.54) is 35.2 Å². The molecule has 0 saturated carbocycles. The quantitative estimate of drug-likeness (QED) is 0.313. The molecule has 0 bridgehead atoms. The van der Waals surface area contributed by atoms with Gasteiger partial charge >= 0.3 is 0 Å². The molecule has 1 amide bonds. The number of benzene rings is 3. The van der Waals surface area contributed by atoms with Crippen molar-refractivity contribution in [1.82, 2.24) is 0 Å². The van der Waals surface area contributed by atoms with Crippen LogP contribution in [-0.2, 0) is 16.9 Å². The first-order valence-electron chi connectivity index (χ1n) is 9.56. The normalized spacial score (nSPS) is 17.3. The van der Waals surface area contributed by atoms with Crippen molar-refractivity contribution in [2.45, 2.75) is 18.6 Å². The number of fused-ring (bicyclic) bond motifs is 1. The van der Waals surface area contributed by atoms with Crippen molar-refractivity contribution in [2.75, 3.05) is 4.90 Å². The molecule has 0 aliphatic carbocycles. The van der Waals surface area contributed by atoms with Crippen LogP contribution in [0.4, 0.5) is 11.4 Å². The van der Waals surface area contributed by atoms with Gasteiger partial charge < -0.3 is 10.0 Å². The van der Waals surface area contributed by atoms with Crippen LogP contribution >= 0.6 is 23.2 Å². The Bertz CT molecular complexity index is 1250. The number of hydrogen-bond donors (Lipinski definition) is 1. The smallest absolute Gasteiger partial charge is 0.280 e. The lowest BCUT2D eigenvalue weighted by Crippen LogP contribution is -2.41. The highest BCUT2D eigenvalue weighted by Gasteiger charge is 2.51. The summed E-state index contributed by atoms with van der Waals surface area (Å²) in [4.78, 5) is 38.4. The van der Waals surface area contributed by atoms with E-state index in [2.05, 4.69) is 0 Å². The maximum Gasteiger partial charge on any atom is 0.280 e. The minimum absolute atomic E-state index is 0.132. The highest BCUT2D eigenvalue weighted by Crippen LogP contribution is 2.45. The molecule has 1 atom stereocenters. The number of rotatable bonds is 6. The second-order valence-corrected chi connectivity index (χ2v) is 8.29. The van der Waals surface area contributed by atoms with Gasteiger partial charge in [0.25, 0.3) is 11.6 Å². The summed E-state index contributed by atoms with van der Waals surface area (Å²) < 4.78 is 0. The Balaban J connectivity index is 1.73. The zero-order valence-corrected chi connectivity index (χ0v) is 18.0. The van der Waals surface area contributed by atoms with Crippen LogP contribution in [0.3, 0.4) is 0 Å². The van der Waals surface area contributed by atoms with E-state index in [9.17, 15) is 24.8 Å². The second-order valence-electron chi connectivity index (χ2n) is 7.41. The van der Waals surface area contributed by atoms with Crippen molar-refractivity contribution in [1.29, 1.82) is 0 Å². The number of amides is 1. The SMILES string of the molecule is O=C(C[C@]1(O)C(=O)N(Cc2ccc(Cl)cc2)c2ccc(Cl)cc21)c1ccccc1[N+](=O)[O-]. The van der Waals surface area contributed by atoms with E-state index >= 15 is 0 Å². The number of hydrogen-bond acceptors (Lipinski definition) is 5. The average molecular weight is 471 g/mol. The molecule has 0 saturated heterocycles. The second kappa shape index (κ2) is 8.35.